The van der Waals surface area contributed by atoms with Crippen molar-refractivity contribution < 1.29 is 9.53 Å². The summed E-state index contributed by atoms with van der Waals surface area (Å²) in [6, 6.07) is 12.6. The van der Waals surface area contributed by atoms with Gasteiger partial charge in [-0.2, -0.15) is 0 Å². The number of hydrogen-bond acceptors (Lipinski definition) is 2. The molecule has 0 radical (unpaired) electrons. The SMILES string of the molecule is Cc1ccc(NC(=O)NCCOc2ccc(Br)cc2)cc1Cl. The van der Waals surface area contributed by atoms with Crippen molar-refractivity contribution in [2.45, 2.75) is 6.92 Å². The highest BCUT2D eigenvalue weighted by molar-refractivity contribution is 9.10. The van der Waals surface area contributed by atoms with E-state index in [9.17, 15) is 4.79 Å². The maximum absolute atomic E-state index is 11.7. The van der Waals surface area contributed by atoms with Crippen LogP contribution in [0.25, 0.3) is 0 Å². The minimum absolute atomic E-state index is 0.292. The molecule has 0 aliphatic heterocycles. The van der Waals surface area contributed by atoms with Gasteiger partial charge in [0.2, 0.25) is 0 Å². The van der Waals surface area contributed by atoms with Crippen LogP contribution in [-0.4, -0.2) is 19.2 Å². The molecule has 2 rings (SSSR count). The van der Waals surface area contributed by atoms with Gasteiger partial charge >= 0.3 is 6.03 Å². The Morgan fingerprint density at radius 3 is 2.64 bits per heavy atom. The largest absolute Gasteiger partial charge is 0.492 e. The van der Waals surface area contributed by atoms with Crippen molar-refractivity contribution >= 4 is 39.2 Å². The average molecular weight is 384 g/mol. The van der Waals surface area contributed by atoms with E-state index >= 15 is 0 Å². The van der Waals surface area contributed by atoms with E-state index in [1.54, 1.807) is 12.1 Å². The highest BCUT2D eigenvalue weighted by Gasteiger charge is 2.03. The van der Waals surface area contributed by atoms with Crippen LogP contribution in [0.1, 0.15) is 5.56 Å². The van der Waals surface area contributed by atoms with Crippen molar-refractivity contribution in [1.82, 2.24) is 5.32 Å². The molecule has 0 saturated heterocycles. The van der Waals surface area contributed by atoms with Gasteiger partial charge in [-0.3, -0.25) is 0 Å². The number of carbonyl (C=O) groups is 1. The Morgan fingerprint density at radius 1 is 1.23 bits per heavy atom. The van der Waals surface area contributed by atoms with Crippen molar-refractivity contribution in [3.8, 4) is 5.75 Å². The fourth-order valence-corrected chi connectivity index (χ4v) is 2.16. The number of urea groups is 1. The molecule has 0 aromatic heterocycles. The van der Waals surface area contributed by atoms with E-state index in [0.29, 0.717) is 23.9 Å². The first-order chi connectivity index (χ1) is 10.5. The van der Waals surface area contributed by atoms with Gasteiger partial charge in [-0.05, 0) is 48.9 Å². The number of nitrogens with one attached hydrogen (secondary N) is 2. The molecule has 116 valence electrons. The van der Waals surface area contributed by atoms with Gasteiger partial charge in [0.25, 0.3) is 0 Å². The van der Waals surface area contributed by atoms with Crippen LogP contribution < -0.4 is 15.4 Å². The molecular formula is C16H16BrClN2O2. The van der Waals surface area contributed by atoms with Crippen LogP contribution >= 0.6 is 27.5 Å². The molecule has 0 unspecified atom stereocenters. The van der Waals surface area contributed by atoms with Crippen LogP contribution in [0.4, 0.5) is 10.5 Å². The van der Waals surface area contributed by atoms with E-state index in [1.165, 1.54) is 0 Å². The molecule has 6 heteroatoms. The smallest absolute Gasteiger partial charge is 0.319 e. The van der Waals surface area contributed by atoms with Crippen molar-refractivity contribution in [3.63, 3.8) is 0 Å². The highest BCUT2D eigenvalue weighted by atomic mass is 79.9. The number of aryl methyl sites for hydroxylation is 1. The molecule has 22 heavy (non-hydrogen) atoms. The van der Waals surface area contributed by atoms with Gasteiger partial charge in [-0.15, -0.1) is 0 Å². The highest BCUT2D eigenvalue weighted by Crippen LogP contribution is 2.19. The lowest BCUT2D eigenvalue weighted by molar-refractivity contribution is 0.247. The first-order valence-corrected chi connectivity index (χ1v) is 7.91. The number of amides is 2. The molecule has 0 fully saturated rings. The van der Waals surface area contributed by atoms with Crippen molar-refractivity contribution in [1.29, 1.82) is 0 Å². The summed E-state index contributed by atoms with van der Waals surface area (Å²) < 4.78 is 6.51. The lowest BCUT2D eigenvalue weighted by atomic mass is 10.2. The van der Waals surface area contributed by atoms with Gasteiger partial charge in [0.1, 0.15) is 12.4 Å². The van der Waals surface area contributed by atoms with E-state index in [0.717, 1.165) is 15.8 Å². The molecule has 2 aromatic carbocycles. The number of rotatable bonds is 5. The summed E-state index contributed by atoms with van der Waals surface area (Å²) in [5.41, 5.74) is 1.62. The van der Waals surface area contributed by atoms with Gasteiger partial charge in [0.15, 0.2) is 0 Å². The van der Waals surface area contributed by atoms with Crippen LogP contribution in [0, 0.1) is 6.92 Å². The first kappa shape index (κ1) is 16.6. The Balaban J connectivity index is 1.71. The minimum Gasteiger partial charge on any atom is -0.492 e. The van der Waals surface area contributed by atoms with E-state index in [2.05, 4.69) is 26.6 Å². The number of carbonyl (C=O) groups excluding carboxylic acids is 1. The maximum atomic E-state index is 11.7. The summed E-state index contributed by atoms with van der Waals surface area (Å²) in [6.07, 6.45) is 0. The Morgan fingerprint density at radius 2 is 1.95 bits per heavy atom. The predicted octanol–water partition coefficient (Wildman–Crippen LogP) is 4.61. The third-order valence-corrected chi connectivity index (χ3v) is 3.84. The number of hydrogen-bond donors (Lipinski definition) is 2. The van der Waals surface area contributed by atoms with E-state index in [-0.39, 0.29) is 6.03 Å². The van der Waals surface area contributed by atoms with Crippen LogP contribution in [0.2, 0.25) is 5.02 Å². The Bertz CT molecular complexity index is 647. The van der Waals surface area contributed by atoms with Gasteiger partial charge in [0, 0.05) is 15.2 Å². The predicted molar refractivity (Wildman–Crippen MR) is 92.8 cm³/mol. The molecule has 0 spiro atoms. The number of halogens is 2. The third kappa shape index (κ3) is 5.24. The van der Waals surface area contributed by atoms with Gasteiger partial charge in [0.05, 0.1) is 6.54 Å². The van der Waals surface area contributed by atoms with Gasteiger partial charge in [-0.1, -0.05) is 33.6 Å². The van der Waals surface area contributed by atoms with Crippen molar-refractivity contribution in [2.24, 2.45) is 0 Å². The maximum Gasteiger partial charge on any atom is 0.319 e. The zero-order valence-electron chi connectivity index (χ0n) is 12.0. The normalized spacial score (nSPS) is 10.1. The van der Waals surface area contributed by atoms with Crippen LogP contribution in [0.15, 0.2) is 46.9 Å². The van der Waals surface area contributed by atoms with E-state index in [1.807, 2.05) is 37.3 Å². The second-order valence-electron chi connectivity index (χ2n) is 4.65. The molecule has 4 nitrogen and oxygen atoms in total. The number of benzene rings is 2. The summed E-state index contributed by atoms with van der Waals surface area (Å²) in [6.45, 7) is 2.71. The Hall–Kier alpha value is -1.72. The molecule has 0 atom stereocenters. The second-order valence-corrected chi connectivity index (χ2v) is 5.97. The Labute approximate surface area is 142 Å². The molecule has 0 bridgehead atoms. The molecular weight excluding hydrogens is 368 g/mol. The quantitative estimate of drug-likeness (QED) is 0.741. The fourth-order valence-electron chi connectivity index (χ4n) is 1.71. The molecule has 0 heterocycles. The van der Waals surface area contributed by atoms with Gasteiger partial charge < -0.3 is 15.4 Å². The number of anilines is 1. The summed E-state index contributed by atoms with van der Waals surface area (Å²) >= 11 is 9.37. The molecule has 2 aromatic rings. The summed E-state index contributed by atoms with van der Waals surface area (Å²) in [7, 11) is 0. The summed E-state index contributed by atoms with van der Waals surface area (Å²) in [5, 5.41) is 6.06. The van der Waals surface area contributed by atoms with Crippen LogP contribution in [0.5, 0.6) is 5.75 Å². The van der Waals surface area contributed by atoms with Gasteiger partial charge in [-0.25, -0.2) is 4.79 Å². The van der Waals surface area contributed by atoms with E-state index in [4.69, 9.17) is 16.3 Å². The third-order valence-electron chi connectivity index (χ3n) is 2.90. The molecule has 0 aliphatic rings. The fraction of sp³-hybridized carbons (Fsp3) is 0.188. The van der Waals surface area contributed by atoms with Crippen LogP contribution in [0.3, 0.4) is 0 Å². The first-order valence-electron chi connectivity index (χ1n) is 6.74. The van der Waals surface area contributed by atoms with E-state index < -0.39 is 0 Å². The minimum atomic E-state index is -0.292. The summed E-state index contributed by atoms with van der Waals surface area (Å²) in [5.74, 6) is 0.760. The average Bonchev–Trinajstić information content (AvgIpc) is 2.49. The molecule has 2 amide bonds. The lowest BCUT2D eigenvalue weighted by Crippen LogP contribution is -2.32. The van der Waals surface area contributed by atoms with Crippen molar-refractivity contribution in [3.05, 3.63) is 57.5 Å². The molecule has 0 aliphatic carbocycles. The summed E-state index contributed by atoms with van der Waals surface area (Å²) in [4.78, 5) is 11.7. The Kier molecular flexibility index (Phi) is 6.10. The zero-order chi connectivity index (χ0) is 15.9. The topological polar surface area (TPSA) is 50.4 Å². The number of ether oxygens (including phenoxy) is 1. The standard InChI is InChI=1S/C16H16BrClN2O2/c1-11-2-5-13(10-15(11)18)20-16(21)19-8-9-22-14-6-3-12(17)4-7-14/h2-7,10H,8-9H2,1H3,(H2,19,20,21). The molecule has 2 N–H and O–H groups in total. The second kappa shape index (κ2) is 8.06. The zero-order valence-corrected chi connectivity index (χ0v) is 14.4. The molecule has 0 saturated carbocycles. The van der Waals surface area contributed by atoms with Crippen LogP contribution in [-0.2, 0) is 0 Å². The monoisotopic (exact) mass is 382 g/mol. The lowest BCUT2D eigenvalue weighted by Gasteiger charge is -2.10. The van der Waals surface area contributed by atoms with Crippen molar-refractivity contribution in [2.75, 3.05) is 18.5 Å².